The van der Waals surface area contributed by atoms with Gasteiger partial charge in [0.1, 0.15) is 6.42 Å². The van der Waals surface area contributed by atoms with Crippen LogP contribution < -0.4 is 10.6 Å². The van der Waals surface area contributed by atoms with E-state index in [0.717, 1.165) is 34.1 Å². The molecule has 0 atom stereocenters. The fraction of sp³-hybridized carbons (Fsp3) is 0.280. The highest BCUT2D eigenvalue weighted by Gasteiger charge is 2.08. The molecule has 0 aliphatic heterocycles. The van der Waals surface area contributed by atoms with Gasteiger partial charge in [0.25, 0.3) is 0 Å². The molecule has 2 aromatic rings. The summed E-state index contributed by atoms with van der Waals surface area (Å²) >= 11 is 3.50. The third-order valence-corrected chi connectivity index (χ3v) is 6.49. The van der Waals surface area contributed by atoms with Crippen molar-refractivity contribution in [1.29, 1.82) is 0 Å². The lowest BCUT2D eigenvalue weighted by atomic mass is 10.1. The number of carbonyl (C=O) groups excluding carboxylic acids is 2. The largest absolute Gasteiger partial charge is 0.355 e. The normalized spacial score (nSPS) is 10.3. The molecule has 31 heavy (non-hydrogen) atoms. The van der Waals surface area contributed by atoms with E-state index in [4.69, 9.17) is 0 Å². The van der Waals surface area contributed by atoms with Crippen LogP contribution in [-0.2, 0) is 21.1 Å². The van der Waals surface area contributed by atoms with Gasteiger partial charge in [0.05, 0.1) is 0 Å². The Kier molecular flexibility index (Phi) is 11.6. The molecule has 0 aliphatic rings. The molecule has 0 fully saturated rings. The van der Waals surface area contributed by atoms with Crippen LogP contribution >= 0.6 is 23.5 Å². The van der Waals surface area contributed by atoms with Gasteiger partial charge in [-0.25, -0.2) is 0 Å². The second-order valence-corrected chi connectivity index (χ2v) is 9.08. The van der Waals surface area contributed by atoms with Crippen molar-refractivity contribution < 1.29 is 9.59 Å². The second kappa shape index (κ2) is 14.5. The van der Waals surface area contributed by atoms with Crippen molar-refractivity contribution in [1.82, 2.24) is 10.6 Å². The molecule has 164 valence electrons. The Balaban J connectivity index is 1.48. The van der Waals surface area contributed by atoms with Crippen LogP contribution in [-0.4, -0.2) is 36.4 Å². The first-order valence-corrected chi connectivity index (χ1v) is 12.5. The fourth-order valence-corrected chi connectivity index (χ4v) is 4.31. The van der Waals surface area contributed by atoms with Gasteiger partial charge in [-0.05, 0) is 22.3 Å². The molecule has 2 amide bonds. The van der Waals surface area contributed by atoms with E-state index in [1.54, 1.807) is 23.5 Å². The Morgan fingerprint density at radius 2 is 1.10 bits per heavy atom. The molecule has 4 nitrogen and oxygen atoms in total. The Morgan fingerprint density at radius 1 is 0.710 bits per heavy atom. The zero-order valence-electron chi connectivity index (χ0n) is 17.8. The van der Waals surface area contributed by atoms with Crippen LogP contribution in [0.1, 0.15) is 28.7 Å². The summed E-state index contributed by atoms with van der Waals surface area (Å²) in [5, 5.41) is 5.61. The van der Waals surface area contributed by atoms with Gasteiger partial charge in [-0.15, -0.1) is 0 Å². The molecular weight excluding hydrogens is 424 g/mol. The van der Waals surface area contributed by atoms with E-state index in [2.05, 4.69) is 48.1 Å². The van der Waals surface area contributed by atoms with E-state index in [9.17, 15) is 9.59 Å². The molecule has 0 radical (unpaired) electrons. The fourth-order valence-electron chi connectivity index (χ4n) is 2.68. The lowest BCUT2D eigenvalue weighted by molar-refractivity contribution is -0.129. The van der Waals surface area contributed by atoms with Gasteiger partial charge in [-0.1, -0.05) is 73.8 Å². The third-order valence-electron chi connectivity index (χ3n) is 4.43. The highest BCUT2D eigenvalue weighted by atomic mass is 32.2. The average molecular weight is 455 g/mol. The summed E-state index contributed by atoms with van der Waals surface area (Å²) in [5.74, 6) is 2.93. The first-order chi connectivity index (χ1) is 15.1. The van der Waals surface area contributed by atoms with Gasteiger partial charge in [-0.2, -0.15) is 23.5 Å². The molecule has 2 rings (SSSR count). The third kappa shape index (κ3) is 10.4. The minimum Gasteiger partial charge on any atom is -0.355 e. The van der Waals surface area contributed by atoms with Gasteiger partial charge >= 0.3 is 0 Å². The summed E-state index contributed by atoms with van der Waals surface area (Å²) in [7, 11) is 0. The molecule has 0 aliphatic carbocycles. The monoisotopic (exact) mass is 454 g/mol. The van der Waals surface area contributed by atoms with Crippen LogP contribution in [0.3, 0.4) is 0 Å². The zero-order chi connectivity index (χ0) is 22.3. The maximum atomic E-state index is 11.9. The summed E-state index contributed by atoms with van der Waals surface area (Å²) < 4.78 is 0. The van der Waals surface area contributed by atoms with Crippen molar-refractivity contribution >= 4 is 47.5 Å². The van der Waals surface area contributed by atoms with E-state index in [0.29, 0.717) is 13.1 Å². The number of thioether (sulfide) groups is 2. The van der Waals surface area contributed by atoms with Crippen molar-refractivity contribution in [2.75, 3.05) is 24.6 Å². The minimum absolute atomic E-state index is 0.124. The standard InChI is InChI=1S/C25H30N2O2S2/c1-3-20-5-9-22(10-6-20)18-30-15-13-26-24(28)17-25(29)27-14-16-31-19-23-11-7-21(4-2)8-12-23/h3-12H,1-2,13-19H2,(H,26,28)(H,27,29). The summed E-state index contributed by atoms with van der Waals surface area (Å²) in [6.07, 6.45) is 3.53. The number of benzene rings is 2. The predicted molar refractivity (Wildman–Crippen MR) is 136 cm³/mol. The van der Waals surface area contributed by atoms with Gasteiger partial charge in [0.15, 0.2) is 0 Å². The van der Waals surface area contributed by atoms with E-state index < -0.39 is 0 Å². The van der Waals surface area contributed by atoms with Gasteiger partial charge in [-0.3, -0.25) is 9.59 Å². The van der Waals surface area contributed by atoms with Crippen LogP contribution in [0.4, 0.5) is 0 Å². The van der Waals surface area contributed by atoms with Crippen molar-refractivity contribution in [2.45, 2.75) is 17.9 Å². The summed E-state index contributed by atoms with van der Waals surface area (Å²) in [6, 6.07) is 16.5. The van der Waals surface area contributed by atoms with Crippen molar-refractivity contribution in [3.05, 3.63) is 83.9 Å². The number of rotatable bonds is 14. The van der Waals surface area contributed by atoms with Gasteiger partial charge in [0, 0.05) is 36.1 Å². The zero-order valence-corrected chi connectivity index (χ0v) is 19.4. The van der Waals surface area contributed by atoms with Crippen molar-refractivity contribution in [3.63, 3.8) is 0 Å². The average Bonchev–Trinajstić information content (AvgIpc) is 2.79. The SMILES string of the molecule is C=Cc1ccc(CSCCNC(=O)CC(=O)NCCSCc2ccc(C=C)cc2)cc1. The Bertz CT molecular complexity index is 777. The number of carbonyl (C=O) groups is 2. The molecule has 0 bridgehead atoms. The lowest BCUT2D eigenvalue weighted by Crippen LogP contribution is -2.33. The van der Waals surface area contributed by atoms with Crippen LogP contribution in [0.2, 0.25) is 0 Å². The minimum atomic E-state index is -0.233. The first kappa shape index (κ1) is 24.8. The summed E-state index contributed by atoms with van der Waals surface area (Å²) in [4.78, 5) is 23.8. The maximum Gasteiger partial charge on any atom is 0.229 e. The number of amides is 2. The molecule has 0 aromatic heterocycles. The topological polar surface area (TPSA) is 58.2 Å². The van der Waals surface area contributed by atoms with Crippen molar-refractivity contribution in [2.24, 2.45) is 0 Å². The van der Waals surface area contributed by atoms with Crippen LogP contribution in [0.15, 0.2) is 61.7 Å². The van der Waals surface area contributed by atoms with Crippen LogP contribution in [0, 0.1) is 0 Å². The summed E-state index contributed by atoms with van der Waals surface area (Å²) in [5.41, 5.74) is 4.70. The molecule has 2 aromatic carbocycles. The molecule has 0 saturated carbocycles. The highest BCUT2D eigenvalue weighted by molar-refractivity contribution is 7.98. The second-order valence-electron chi connectivity index (χ2n) is 6.87. The number of hydrogen-bond donors (Lipinski definition) is 2. The molecular formula is C25H30N2O2S2. The van der Waals surface area contributed by atoms with E-state index in [1.165, 1.54) is 11.1 Å². The summed E-state index contributed by atoms with van der Waals surface area (Å²) in [6.45, 7) is 8.61. The molecule has 0 unspecified atom stereocenters. The van der Waals surface area contributed by atoms with E-state index in [1.807, 2.05) is 36.4 Å². The Labute approximate surface area is 194 Å². The molecule has 0 spiro atoms. The maximum absolute atomic E-state index is 11.9. The number of nitrogens with one attached hydrogen (secondary N) is 2. The first-order valence-electron chi connectivity index (χ1n) is 10.2. The Hall–Kier alpha value is -2.44. The van der Waals surface area contributed by atoms with Crippen LogP contribution in [0.5, 0.6) is 0 Å². The molecule has 6 heteroatoms. The van der Waals surface area contributed by atoms with Gasteiger partial charge < -0.3 is 10.6 Å². The highest BCUT2D eigenvalue weighted by Crippen LogP contribution is 2.14. The van der Waals surface area contributed by atoms with Crippen molar-refractivity contribution in [3.8, 4) is 0 Å². The number of hydrogen-bond acceptors (Lipinski definition) is 4. The van der Waals surface area contributed by atoms with Crippen LogP contribution in [0.25, 0.3) is 12.2 Å². The van der Waals surface area contributed by atoms with E-state index >= 15 is 0 Å². The van der Waals surface area contributed by atoms with E-state index in [-0.39, 0.29) is 18.2 Å². The molecule has 0 heterocycles. The lowest BCUT2D eigenvalue weighted by Gasteiger charge is -2.07. The predicted octanol–water partition coefficient (Wildman–Crippen LogP) is 4.76. The quantitative estimate of drug-likeness (QED) is 0.319. The molecule has 0 saturated heterocycles. The Morgan fingerprint density at radius 3 is 1.45 bits per heavy atom. The molecule has 2 N–H and O–H groups in total. The smallest absolute Gasteiger partial charge is 0.229 e. The van der Waals surface area contributed by atoms with Gasteiger partial charge in [0.2, 0.25) is 11.8 Å².